The van der Waals surface area contributed by atoms with Gasteiger partial charge in [-0.05, 0) is 47.4 Å². The number of pyridine rings is 1. The number of hydrogen-bond donors (Lipinski definition) is 0. The summed E-state index contributed by atoms with van der Waals surface area (Å²) in [6, 6.07) is 7.83. The molecule has 0 radical (unpaired) electrons. The third-order valence-corrected chi connectivity index (χ3v) is 7.22. The topological polar surface area (TPSA) is 65.5 Å². The molecular formula is C28H31NO4. The van der Waals surface area contributed by atoms with E-state index < -0.39 is 0 Å². The van der Waals surface area contributed by atoms with Crippen molar-refractivity contribution >= 4 is 11.6 Å². The maximum Gasteiger partial charge on any atom is 0.223 e. The highest BCUT2D eigenvalue weighted by atomic mass is 16.5. The van der Waals surface area contributed by atoms with Crippen molar-refractivity contribution < 1.29 is 19.1 Å². The summed E-state index contributed by atoms with van der Waals surface area (Å²) in [7, 11) is 1.64. The minimum Gasteiger partial charge on any atom is -0.497 e. The maximum atomic E-state index is 13.5. The van der Waals surface area contributed by atoms with Crippen LogP contribution in [0.1, 0.15) is 85.6 Å². The van der Waals surface area contributed by atoms with E-state index in [0.717, 1.165) is 40.3 Å². The minimum absolute atomic E-state index is 0.109. The lowest BCUT2D eigenvalue weighted by atomic mass is 9.68. The molecule has 5 rings (SSSR count). The second kappa shape index (κ2) is 7.28. The zero-order chi connectivity index (χ0) is 23.7. The number of Topliss-reactive ketones (excluding diaryl/α,β-unsaturated/α-hetero) is 2. The van der Waals surface area contributed by atoms with E-state index in [1.54, 1.807) is 7.11 Å². The van der Waals surface area contributed by atoms with Gasteiger partial charge in [-0.15, -0.1) is 0 Å². The SMILES string of the molecule is COc1ccc(C2C3=C(CC(C)(C)CC3=O)Oc3nc4c(c(C)c32)C(=O)CC(C)(C)C4)cc1. The molecule has 0 amide bonds. The van der Waals surface area contributed by atoms with Crippen LogP contribution in [0, 0.1) is 17.8 Å². The molecule has 2 aromatic rings. The summed E-state index contributed by atoms with van der Waals surface area (Å²) in [5.41, 5.74) is 4.65. The first kappa shape index (κ1) is 21.9. The van der Waals surface area contributed by atoms with Crippen molar-refractivity contribution in [2.24, 2.45) is 10.8 Å². The number of benzene rings is 1. The Hall–Kier alpha value is -2.95. The molecule has 0 spiro atoms. The molecule has 0 saturated carbocycles. The summed E-state index contributed by atoms with van der Waals surface area (Å²) in [5.74, 6) is 1.95. The first-order valence-electron chi connectivity index (χ1n) is 11.6. The molecular weight excluding hydrogens is 414 g/mol. The minimum atomic E-state index is -0.307. The molecule has 172 valence electrons. The lowest BCUT2D eigenvalue weighted by Gasteiger charge is -2.39. The number of aromatic nitrogens is 1. The predicted octanol–water partition coefficient (Wildman–Crippen LogP) is 5.72. The lowest BCUT2D eigenvalue weighted by Crippen LogP contribution is -2.35. The van der Waals surface area contributed by atoms with Crippen LogP contribution in [0.25, 0.3) is 0 Å². The van der Waals surface area contributed by atoms with Crippen LogP contribution in [-0.4, -0.2) is 23.7 Å². The monoisotopic (exact) mass is 445 g/mol. The van der Waals surface area contributed by atoms with Gasteiger partial charge < -0.3 is 9.47 Å². The van der Waals surface area contributed by atoms with Gasteiger partial charge in [-0.3, -0.25) is 9.59 Å². The smallest absolute Gasteiger partial charge is 0.223 e. The van der Waals surface area contributed by atoms with Crippen LogP contribution in [0.15, 0.2) is 35.6 Å². The van der Waals surface area contributed by atoms with Crippen molar-refractivity contribution in [3.05, 3.63) is 63.5 Å². The Bertz CT molecular complexity index is 1220. The molecule has 5 heteroatoms. The molecule has 0 fully saturated rings. The fourth-order valence-electron chi connectivity index (χ4n) is 5.79. The summed E-state index contributed by atoms with van der Waals surface area (Å²) in [5, 5.41) is 0. The number of ketones is 2. The average Bonchev–Trinajstić information content (AvgIpc) is 2.70. The van der Waals surface area contributed by atoms with E-state index in [1.165, 1.54) is 0 Å². The molecule has 1 unspecified atom stereocenters. The lowest BCUT2D eigenvalue weighted by molar-refractivity contribution is -0.118. The van der Waals surface area contributed by atoms with Crippen LogP contribution >= 0.6 is 0 Å². The van der Waals surface area contributed by atoms with Gasteiger partial charge in [0.05, 0.1) is 12.8 Å². The van der Waals surface area contributed by atoms with Gasteiger partial charge in [-0.2, -0.15) is 0 Å². The van der Waals surface area contributed by atoms with Gasteiger partial charge in [0.25, 0.3) is 0 Å². The summed E-state index contributed by atoms with van der Waals surface area (Å²) in [6.45, 7) is 10.4. The van der Waals surface area contributed by atoms with Crippen molar-refractivity contribution in [2.75, 3.05) is 7.11 Å². The van der Waals surface area contributed by atoms with Crippen LogP contribution in [0.2, 0.25) is 0 Å². The van der Waals surface area contributed by atoms with Crippen molar-refractivity contribution in [3.8, 4) is 11.6 Å². The molecule has 1 aromatic heterocycles. The first-order chi connectivity index (χ1) is 15.5. The van der Waals surface area contributed by atoms with E-state index in [0.29, 0.717) is 36.3 Å². The zero-order valence-electron chi connectivity index (χ0n) is 20.3. The Morgan fingerprint density at radius 2 is 1.58 bits per heavy atom. The fraction of sp³-hybridized carbons (Fsp3) is 0.464. The molecule has 3 aliphatic rings. The standard InChI is InChI=1S/C28H31NO4/c1-15-22-18(11-27(2,3)12-19(22)30)29-26-23(15)24(16-7-9-17(32-6)10-8-16)25-20(31)13-28(4,5)14-21(25)33-26/h7-10,24H,11-14H2,1-6H3. The highest BCUT2D eigenvalue weighted by Crippen LogP contribution is 2.52. The number of carbonyl (C=O) groups is 2. The first-order valence-corrected chi connectivity index (χ1v) is 11.6. The predicted molar refractivity (Wildman–Crippen MR) is 126 cm³/mol. The number of allylic oxidation sites excluding steroid dienone is 2. The largest absolute Gasteiger partial charge is 0.497 e. The van der Waals surface area contributed by atoms with Crippen LogP contribution in [0.3, 0.4) is 0 Å². The number of methoxy groups -OCH3 is 1. The van der Waals surface area contributed by atoms with Crippen LogP contribution in [-0.2, 0) is 11.2 Å². The third-order valence-electron chi connectivity index (χ3n) is 7.22. The molecule has 33 heavy (non-hydrogen) atoms. The number of fused-ring (bicyclic) bond motifs is 2. The molecule has 2 aliphatic carbocycles. The average molecular weight is 446 g/mol. The maximum absolute atomic E-state index is 13.5. The van der Waals surface area contributed by atoms with Crippen molar-refractivity contribution in [1.29, 1.82) is 0 Å². The summed E-state index contributed by atoms with van der Waals surface area (Å²) < 4.78 is 11.8. The normalized spacial score (nSPS) is 22.8. The number of nitrogens with zero attached hydrogens (tertiary/aromatic N) is 1. The quantitative estimate of drug-likeness (QED) is 0.591. The molecule has 1 aliphatic heterocycles. The molecule has 1 atom stereocenters. The highest BCUT2D eigenvalue weighted by molar-refractivity contribution is 6.02. The second-order valence-electron chi connectivity index (χ2n) is 11.3. The van der Waals surface area contributed by atoms with E-state index in [9.17, 15) is 9.59 Å². The van der Waals surface area contributed by atoms with Gasteiger partial charge in [0.2, 0.25) is 5.88 Å². The van der Waals surface area contributed by atoms with Crippen molar-refractivity contribution in [2.45, 2.75) is 66.2 Å². The molecule has 1 aromatic carbocycles. The van der Waals surface area contributed by atoms with Crippen LogP contribution < -0.4 is 9.47 Å². The van der Waals surface area contributed by atoms with E-state index in [-0.39, 0.29) is 28.3 Å². The summed E-state index contributed by atoms with van der Waals surface area (Å²) in [6.07, 6.45) is 2.38. The molecule has 5 nitrogen and oxygen atoms in total. The third kappa shape index (κ3) is 3.58. The fourth-order valence-corrected chi connectivity index (χ4v) is 5.79. The number of ether oxygens (including phenoxy) is 2. The highest BCUT2D eigenvalue weighted by Gasteiger charge is 2.45. The van der Waals surface area contributed by atoms with Gasteiger partial charge >= 0.3 is 0 Å². The summed E-state index contributed by atoms with van der Waals surface area (Å²) >= 11 is 0. The second-order valence-corrected chi connectivity index (χ2v) is 11.3. The van der Waals surface area contributed by atoms with Gasteiger partial charge in [0, 0.05) is 41.9 Å². The molecule has 2 heterocycles. The van der Waals surface area contributed by atoms with Crippen LogP contribution in [0.4, 0.5) is 0 Å². The van der Waals surface area contributed by atoms with Gasteiger partial charge in [0.1, 0.15) is 11.5 Å². The van der Waals surface area contributed by atoms with E-state index in [2.05, 4.69) is 27.7 Å². The number of carbonyl (C=O) groups excluding carboxylic acids is 2. The Morgan fingerprint density at radius 1 is 0.939 bits per heavy atom. The Labute approximate surface area is 195 Å². The summed E-state index contributed by atoms with van der Waals surface area (Å²) in [4.78, 5) is 31.6. The van der Waals surface area contributed by atoms with E-state index in [1.807, 2.05) is 31.2 Å². The Balaban J connectivity index is 1.76. The van der Waals surface area contributed by atoms with Crippen molar-refractivity contribution in [3.63, 3.8) is 0 Å². The Morgan fingerprint density at radius 3 is 2.24 bits per heavy atom. The molecule has 0 bridgehead atoms. The van der Waals surface area contributed by atoms with Gasteiger partial charge in [0.15, 0.2) is 11.6 Å². The zero-order valence-corrected chi connectivity index (χ0v) is 20.3. The molecule has 0 saturated heterocycles. The number of rotatable bonds is 2. The van der Waals surface area contributed by atoms with Gasteiger partial charge in [-0.25, -0.2) is 4.98 Å². The Kier molecular flexibility index (Phi) is 4.82. The van der Waals surface area contributed by atoms with Crippen molar-refractivity contribution in [1.82, 2.24) is 4.98 Å². The van der Waals surface area contributed by atoms with E-state index in [4.69, 9.17) is 14.5 Å². The van der Waals surface area contributed by atoms with Crippen LogP contribution in [0.5, 0.6) is 11.6 Å². The van der Waals surface area contributed by atoms with E-state index >= 15 is 0 Å². The number of hydrogen-bond acceptors (Lipinski definition) is 5. The van der Waals surface area contributed by atoms with Gasteiger partial charge in [-0.1, -0.05) is 39.8 Å². The molecule has 0 N–H and O–H groups in total.